The highest BCUT2D eigenvalue weighted by Gasteiger charge is 2.28. The average Bonchev–Trinajstić information content (AvgIpc) is 2.44. The molecule has 0 radical (unpaired) electrons. The number of nitrogens with one attached hydrogen (secondary N) is 2. The Morgan fingerprint density at radius 1 is 1.32 bits per heavy atom. The molecular formula is C15H23N3O. The van der Waals surface area contributed by atoms with Crippen LogP contribution in [0.15, 0.2) is 18.3 Å². The molecule has 19 heavy (non-hydrogen) atoms. The molecule has 0 aliphatic heterocycles. The number of aromatic nitrogens is 1. The molecular weight excluding hydrogens is 238 g/mol. The van der Waals surface area contributed by atoms with Crippen molar-refractivity contribution in [2.45, 2.75) is 39.2 Å². The number of nitrogens with zero attached hydrogens (tertiary/aromatic N) is 1. The number of hydrogen-bond donors (Lipinski definition) is 2. The van der Waals surface area contributed by atoms with Crippen molar-refractivity contribution < 1.29 is 4.79 Å². The summed E-state index contributed by atoms with van der Waals surface area (Å²) < 4.78 is 0. The minimum atomic E-state index is -0.0615. The van der Waals surface area contributed by atoms with Gasteiger partial charge in [0.05, 0.1) is 11.9 Å². The highest BCUT2D eigenvalue weighted by Crippen LogP contribution is 2.29. The monoisotopic (exact) mass is 261 g/mol. The van der Waals surface area contributed by atoms with Crippen LogP contribution in [0, 0.1) is 11.8 Å². The standard InChI is InChI=1S/C15H23N3O/c1-10-5-4-6-13(11(10)2)18-15(19)14-8-7-12(16-3)9-17-14/h7-11,13,16H,4-6H2,1-3H3,(H,18,19). The Bertz CT molecular complexity index is 430. The van der Waals surface area contributed by atoms with Crippen LogP contribution in [-0.2, 0) is 0 Å². The summed E-state index contributed by atoms with van der Waals surface area (Å²) in [6.07, 6.45) is 5.22. The summed E-state index contributed by atoms with van der Waals surface area (Å²) in [6.45, 7) is 4.50. The van der Waals surface area contributed by atoms with Gasteiger partial charge in [-0.05, 0) is 30.4 Å². The first-order chi connectivity index (χ1) is 9.11. The molecule has 1 aliphatic carbocycles. The maximum absolute atomic E-state index is 12.2. The lowest BCUT2D eigenvalue weighted by Crippen LogP contribution is -2.43. The van der Waals surface area contributed by atoms with Gasteiger partial charge in [-0.1, -0.05) is 26.7 Å². The maximum Gasteiger partial charge on any atom is 0.270 e. The molecule has 3 atom stereocenters. The van der Waals surface area contributed by atoms with Gasteiger partial charge in [-0.3, -0.25) is 4.79 Å². The Morgan fingerprint density at radius 3 is 2.74 bits per heavy atom. The van der Waals surface area contributed by atoms with Crippen molar-refractivity contribution in [1.29, 1.82) is 0 Å². The normalized spacial score (nSPS) is 26.8. The molecule has 2 rings (SSSR count). The fourth-order valence-corrected chi connectivity index (χ4v) is 2.70. The first-order valence-corrected chi connectivity index (χ1v) is 7.06. The van der Waals surface area contributed by atoms with Gasteiger partial charge in [0.1, 0.15) is 5.69 Å². The molecule has 4 heteroatoms. The summed E-state index contributed by atoms with van der Waals surface area (Å²) in [5.74, 6) is 1.15. The van der Waals surface area contributed by atoms with Crippen molar-refractivity contribution in [2.24, 2.45) is 11.8 Å². The van der Waals surface area contributed by atoms with Gasteiger partial charge in [0, 0.05) is 13.1 Å². The molecule has 0 bridgehead atoms. The van der Waals surface area contributed by atoms with Crippen LogP contribution in [0.2, 0.25) is 0 Å². The lowest BCUT2D eigenvalue weighted by molar-refractivity contribution is 0.0886. The van der Waals surface area contributed by atoms with Gasteiger partial charge >= 0.3 is 0 Å². The van der Waals surface area contributed by atoms with Crippen molar-refractivity contribution in [3.8, 4) is 0 Å². The van der Waals surface area contributed by atoms with Crippen molar-refractivity contribution in [3.63, 3.8) is 0 Å². The van der Waals surface area contributed by atoms with Crippen LogP contribution in [-0.4, -0.2) is 24.0 Å². The Kier molecular flexibility index (Phi) is 4.40. The maximum atomic E-state index is 12.2. The molecule has 3 unspecified atom stereocenters. The second kappa shape index (κ2) is 6.04. The number of pyridine rings is 1. The minimum Gasteiger partial charge on any atom is -0.387 e. The molecule has 1 saturated carbocycles. The molecule has 0 saturated heterocycles. The molecule has 4 nitrogen and oxygen atoms in total. The van der Waals surface area contributed by atoms with Gasteiger partial charge in [-0.2, -0.15) is 0 Å². The molecule has 1 aromatic heterocycles. The van der Waals surface area contributed by atoms with Crippen LogP contribution in [0.4, 0.5) is 5.69 Å². The summed E-state index contributed by atoms with van der Waals surface area (Å²) >= 11 is 0. The number of carbonyl (C=O) groups excluding carboxylic acids is 1. The zero-order chi connectivity index (χ0) is 13.8. The van der Waals surface area contributed by atoms with Gasteiger partial charge in [-0.25, -0.2) is 4.98 Å². The highest BCUT2D eigenvalue weighted by atomic mass is 16.1. The lowest BCUT2D eigenvalue weighted by atomic mass is 9.78. The van der Waals surface area contributed by atoms with Gasteiger partial charge in [0.2, 0.25) is 0 Å². The van der Waals surface area contributed by atoms with Gasteiger partial charge < -0.3 is 10.6 Å². The first kappa shape index (κ1) is 13.8. The number of amides is 1. The van der Waals surface area contributed by atoms with Crippen molar-refractivity contribution in [3.05, 3.63) is 24.0 Å². The van der Waals surface area contributed by atoms with E-state index in [0.29, 0.717) is 17.5 Å². The van der Waals surface area contributed by atoms with E-state index in [9.17, 15) is 4.79 Å². The summed E-state index contributed by atoms with van der Waals surface area (Å²) in [4.78, 5) is 16.4. The van der Waals surface area contributed by atoms with Gasteiger partial charge in [-0.15, -0.1) is 0 Å². The fourth-order valence-electron chi connectivity index (χ4n) is 2.70. The topological polar surface area (TPSA) is 54.0 Å². The van der Waals surface area contributed by atoms with Crippen LogP contribution < -0.4 is 10.6 Å². The molecule has 1 amide bonds. The first-order valence-electron chi connectivity index (χ1n) is 7.06. The number of anilines is 1. The molecule has 0 aromatic carbocycles. The predicted octanol–water partition coefficient (Wildman–Crippen LogP) is 2.68. The summed E-state index contributed by atoms with van der Waals surface area (Å²) in [5.41, 5.74) is 1.40. The van der Waals surface area contributed by atoms with Crippen molar-refractivity contribution in [2.75, 3.05) is 12.4 Å². The van der Waals surface area contributed by atoms with Crippen molar-refractivity contribution >= 4 is 11.6 Å². The largest absolute Gasteiger partial charge is 0.387 e. The smallest absolute Gasteiger partial charge is 0.270 e. The average molecular weight is 261 g/mol. The number of hydrogen-bond acceptors (Lipinski definition) is 3. The Hall–Kier alpha value is -1.58. The highest BCUT2D eigenvalue weighted by molar-refractivity contribution is 5.92. The third-order valence-electron chi connectivity index (χ3n) is 4.31. The second-order valence-electron chi connectivity index (χ2n) is 5.53. The predicted molar refractivity (Wildman–Crippen MR) is 77.2 cm³/mol. The Labute approximate surface area is 115 Å². The fraction of sp³-hybridized carbons (Fsp3) is 0.600. The number of carbonyl (C=O) groups is 1. The summed E-state index contributed by atoms with van der Waals surface area (Å²) in [5, 5.41) is 6.12. The molecule has 1 heterocycles. The minimum absolute atomic E-state index is 0.0615. The second-order valence-corrected chi connectivity index (χ2v) is 5.53. The van der Waals surface area contributed by atoms with E-state index in [1.165, 1.54) is 12.8 Å². The van der Waals surface area contributed by atoms with Crippen LogP contribution in [0.3, 0.4) is 0 Å². The van der Waals surface area contributed by atoms with E-state index in [0.717, 1.165) is 12.1 Å². The van der Waals surface area contributed by atoms with Crippen LogP contribution in [0.25, 0.3) is 0 Å². The summed E-state index contributed by atoms with van der Waals surface area (Å²) in [7, 11) is 1.84. The number of rotatable bonds is 3. The van der Waals surface area contributed by atoms with Gasteiger partial charge in [0.25, 0.3) is 5.91 Å². The lowest BCUT2D eigenvalue weighted by Gasteiger charge is -2.34. The van der Waals surface area contributed by atoms with Crippen LogP contribution in [0.1, 0.15) is 43.6 Å². The van der Waals surface area contributed by atoms with E-state index in [1.807, 2.05) is 13.1 Å². The van der Waals surface area contributed by atoms with Gasteiger partial charge in [0.15, 0.2) is 0 Å². The zero-order valence-electron chi connectivity index (χ0n) is 11.9. The molecule has 0 spiro atoms. The Morgan fingerprint density at radius 2 is 2.11 bits per heavy atom. The SMILES string of the molecule is CNc1ccc(C(=O)NC2CCCC(C)C2C)nc1. The van der Waals surface area contributed by atoms with E-state index in [-0.39, 0.29) is 11.9 Å². The third-order valence-corrected chi connectivity index (χ3v) is 4.31. The Balaban J connectivity index is 1.99. The summed E-state index contributed by atoms with van der Waals surface area (Å²) in [6, 6.07) is 3.91. The molecule has 1 aliphatic rings. The molecule has 104 valence electrons. The van der Waals surface area contributed by atoms with E-state index in [1.54, 1.807) is 12.3 Å². The molecule has 1 fully saturated rings. The third kappa shape index (κ3) is 3.25. The van der Waals surface area contributed by atoms with E-state index in [4.69, 9.17) is 0 Å². The van der Waals surface area contributed by atoms with E-state index in [2.05, 4.69) is 29.5 Å². The van der Waals surface area contributed by atoms with Crippen LogP contribution >= 0.6 is 0 Å². The molecule has 1 aromatic rings. The quantitative estimate of drug-likeness (QED) is 0.879. The molecule has 2 N–H and O–H groups in total. The van der Waals surface area contributed by atoms with E-state index < -0.39 is 0 Å². The van der Waals surface area contributed by atoms with E-state index >= 15 is 0 Å². The van der Waals surface area contributed by atoms with Crippen LogP contribution in [0.5, 0.6) is 0 Å². The van der Waals surface area contributed by atoms with Crippen molar-refractivity contribution in [1.82, 2.24) is 10.3 Å². The zero-order valence-corrected chi connectivity index (χ0v) is 11.9.